The monoisotopic (exact) mass is 435 g/mol. The number of nitrogens with one attached hydrogen (secondary N) is 1. The summed E-state index contributed by atoms with van der Waals surface area (Å²) in [5, 5.41) is 21.5. The zero-order valence-electron chi connectivity index (χ0n) is 14.7. The van der Waals surface area contributed by atoms with Gasteiger partial charge in [0.25, 0.3) is 0 Å². The number of aliphatic hydroxyl groups excluding tert-OH is 1. The maximum atomic E-state index is 12.7. The van der Waals surface area contributed by atoms with Crippen LogP contribution in [0.15, 0.2) is 59.7 Å². The molecule has 0 atom stereocenters. The number of thiazole rings is 1. The molecule has 29 heavy (non-hydrogen) atoms. The van der Waals surface area contributed by atoms with Crippen molar-refractivity contribution < 1.29 is 18.3 Å². The highest BCUT2D eigenvalue weighted by Gasteiger charge is 2.32. The Kier molecular flexibility index (Phi) is 4.84. The average Bonchev–Trinajstić information content (AvgIpc) is 3.25. The third kappa shape index (κ3) is 3.73. The fourth-order valence-electron chi connectivity index (χ4n) is 3.02. The van der Waals surface area contributed by atoms with Gasteiger partial charge >= 0.3 is 6.18 Å². The molecule has 0 bridgehead atoms. The van der Waals surface area contributed by atoms with E-state index in [0.29, 0.717) is 32.5 Å². The Balaban J connectivity index is 1.61. The van der Waals surface area contributed by atoms with Crippen molar-refractivity contribution in [2.24, 2.45) is 0 Å². The van der Waals surface area contributed by atoms with Crippen molar-refractivity contribution in [1.82, 2.24) is 4.98 Å². The van der Waals surface area contributed by atoms with Gasteiger partial charge in [0, 0.05) is 21.7 Å². The number of hydrogen-bond acceptors (Lipinski definition) is 4. The van der Waals surface area contributed by atoms with Gasteiger partial charge in [-0.15, -0.1) is 11.3 Å². The smallest absolute Gasteiger partial charge is 0.416 e. The minimum absolute atomic E-state index is 0.00305. The molecule has 2 N–H and O–H groups in total. The van der Waals surface area contributed by atoms with Crippen molar-refractivity contribution in [3.8, 4) is 11.3 Å². The Morgan fingerprint density at radius 3 is 2.52 bits per heavy atom. The van der Waals surface area contributed by atoms with Crippen LogP contribution in [0.2, 0.25) is 5.02 Å². The van der Waals surface area contributed by atoms with E-state index in [1.807, 2.05) is 0 Å². The summed E-state index contributed by atoms with van der Waals surface area (Å²) in [6, 6.07) is 11.7. The van der Waals surface area contributed by atoms with Crippen molar-refractivity contribution in [2.45, 2.75) is 6.18 Å². The Morgan fingerprint density at radius 1 is 1.14 bits per heavy atom. The lowest BCUT2D eigenvalue weighted by Gasteiger charge is -2.18. The quantitative estimate of drug-likeness (QED) is 0.511. The minimum atomic E-state index is -4.40. The maximum absolute atomic E-state index is 12.7. The third-order valence-corrected chi connectivity index (χ3v) is 5.54. The first kappa shape index (κ1) is 19.5. The standard InChI is InChI=1S/C20H13ClF3N3OS/c21-13-2-1-3-14(8-13)27-9-16(28)17(18(27)25)19-26-15(10-29-19)11-4-6-12(7-5-11)20(22,23)24/h1-8,10,25,28H,9H2. The highest BCUT2D eigenvalue weighted by atomic mass is 35.5. The lowest BCUT2D eigenvalue weighted by Crippen LogP contribution is -2.25. The fourth-order valence-corrected chi connectivity index (χ4v) is 4.10. The zero-order valence-corrected chi connectivity index (χ0v) is 16.2. The van der Waals surface area contributed by atoms with Gasteiger partial charge in [-0.3, -0.25) is 5.41 Å². The number of aliphatic hydroxyl groups is 1. The second kappa shape index (κ2) is 7.20. The van der Waals surface area contributed by atoms with E-state index in [-0.39, 0.29) is 18.1 Å². The number of hydrogen-bond donors (Lipinski definition) is 2. The number of anilines is 1. The van der Waals surface area contributed by atoms with Gasteiger partial charge in [-0.2, -0.15) is 13.2 Å². The topological polar surface area (TPSA) is 60.2 Å². The molecule has 2 aromatic carbocycles. The molecule has 0 aliphatic carbocycles. The molecule has 0 unspecified atom stereocenters. The van der Waals surface area contributed by atoms with Crippen LogP contribution in [-0.2, 0) is 6.18 Å². The van der Waals surface area contributed by atoms with Crippen LogP contribution in [0, 0.1) is 5.41 Å². The molecule has 1 aliphatic rings. The molecule has 0 saturated heterocycles. The normalized spacial score (nSPS) is 14.8. The van der Waals surface area contributed by atoms with Crippen molar-refractivity contribution in [3.63, 3.8) is 0 Å². The predicted molar refractivity (Wildman–Crippen MR) is 109 cm³/mol. The Morgan fingerprint density at radius 2 is 1.86 bits per heavy atom. The molecule has 3 aromatic rings. The molecule has 0 fully saturated rings. The molecular formula is C20H13ClF3N3OS. The molecule has 1 aliphatic heterocycles. The van der Waals surface area contributed by atoms with E-state index in [9.17, 15) is 18.3 Å². The molecule has 0 spiro atoms. The van der Waals surface area contributed by atoms with E-state index >= 15 is 0 Å². The van der Waals surface area contributed by atoms with Crippen molar-refractivity contribution >= 4 is 40.0 Å². The first-order valence-corrected chi connectivity index (χ1v) is 9.67. The largest absolute Gasteiger partial charge is 0.510 e. The van der Waals surface area contributed by atoms with E-state index in [0.717, 1.165) is 12.1 Å². The summed E-state index contributed by atoms with van der Waals surface area (Å²) in [7, 11) is 0. The predicted octanol–water partition coefficient (Wildman–Crippen LogP) is 6.25. The summed E-state index contributed by atoms with van der Waals surface area (Å²) in [6.45, 7) is 0.115. The molecule has 1 aromatic heterocycles. The zero-order chi connectivity index (χ0) is 20.8. The molecule has 148 valence electrons. The number of nitrogens with zero attached hydrogens (tertiary/aromatic N) is 2. The average molecular weight is 436 g/mol. The molecule has 0 saturated carbocycles. The summed E-state index contributed by atoms with van der Waals surface area (Å²) in [5.41, 5.74) is 1.24. The van der Waals surface area contributed by atoms with Crippen molar-refractivity contribution in [2.75, 3.05) is 11.4 Å². The lowest BCUT2D eigenvalue weighted by atomic mass is 10.1. The molecule has 0 radical (unpaired) electrons. The van der Waals surface area contributed by atoms with E-state index in [1.54, 1.807) is 34.5 Å². The van der Waals surface area contributed by atoms with Crippen molar-refractivity contribution in [1.29, 1.82) is 5.41 Å². The summed E-state index contributed by atoms with van der Waals surface area (Å²) in [4.78, 5) is 6.03. The van der Waals surface area contributed by atoms with Crippen LogP contribution in [0.4, 0.5) is 18.9 Å². The molecule has 4 rings (SSSR count). The van der Waals surface area contributed by atoms with Crippen LogP contribution in [0.3, 0.4) is 0 Å². The summed E-state index contributed by atoms with van der Waals surface area (Å²) >= 11 is 7.23. The Labute approximate surface area is 173 Å². The summed E-state index contributed by atoms with van der Waals surface area (Å²) in [6.07, 6.45) is -4.40. The van der Waals surface area contributed by atoms with Gasteiger partial charge in [0.15, 0.2) is 0 Å². The second-order valence-electron chi connectivity index (χ2n) is 6.35. The molecule has 0 amide bonds. The molecule has 9 heteroatoms. The number of aromatic nitrogens is 1. The van der Waals surface area contributed by atoms with E-state index < -0.39 is 11.7 Å². The van der Waals surface area contributed by atoms with E-state index in [1.165, 1.54) is 23.5 Å². The van der Waals surface area contributed by atoms with Gasteiger partial charge in [0.2, 0.25) is 0 Å². The van der Waals surface area contributed by atoms with Crippen molar-refractivity contribution in [3.05, 3.63) is 75.3 Å². The van der Waals surface area contributed by atoms with E-state index in [4.69, 9.17) is 17.0 Å². The van der Waals surface area contributed by atoms with E-state index in [2.05, 4.69) is 4.98 Å². The van der Waals surface area contributed by atoms with Crippen LogP contribution in [0.5, 0.6) is 0 Å². The third-order valence-electron chi connectivity index (χ3n) is 4.45. The minimum Gasteiger partial charge on any atom is -0.510 e. The van der Waals surface area contributed by atoms with Gasteiger partial charge in [-0.1, -0.05) is 29.8 Å². The fraction of sp³-hybridized carbons (Fsp3) is 0.100. The second-order valence-corrected chi connectivity index (χ2v) is 7.64. The Bertz CT molecular complexity index is 1120. The highest BCUT2D eigenvalue weighted by molar-refractivity contribution is 7.11. The van der Waals surface area contributed by atoms with Gasteiger partial charge in [0.1, 0.15) is 16.6 Å². The van der Waals surface area contributed by atoms with Crippen LogP contribution >= 0.6 is 22.9 Å². The highest BCUT2D eigenvalue weighted by Crippen LogP contribution is 2.36. The number of amidine groups is 1. The van der Waals surface area contributed by atoms with Gasteiger partial charge in [0.05, 0.1) is 23.4 Å². The number of halogens is 4. The molecular weight excluding hydrogens is 423 g/mol. The van der Waals surface area contributed by atoms with Gasteiger partial charge < -0.3 is 10.0 Å². The molecule has 4 nitrogen and oxygen atoms in total. The summed E-state index contributed by atoms with van der Waals surface area (Å²) in [5.74, 6) is 0.0846. The SMILES string of the molecule is N=C1C(c2nc(-c3ccc(C(F)(F)F)cc3)cs2)=C(O)CN1c1cccc(Cl)c1. The summed E-state index contributed by atoms with van der Waals surface area (Å²) < 4.78 is 38.2. The first-order chi connectivity index (χ1) is 13.7. The first-order valence-electron chi connectivity index (χ1n) is 8.41. The number of rotatable bonds is 3. The molecule has 2 heterocycles. The van der Waals surface area contributed by atoms with Crippen LogP contribution < -0.4 is 4.90 Å². The van der Waals surface area contributed by atoms with Gasteiger partial charge in [-0.05, 0) is 30.3 Å². The van der Waals surface area contributed by atoms with Crippen LogP contribution in [0.1, 0.15) is 10.6 Å². The van der Waals surface area contributed by atoms with Crippen LogP contribution in [0.25, 0.3) is 16.8 Å². The number of alkyl halides is 3. The Hall–Kier alpha value is -2.84. The maximum Gasteiger partial charge on any atom is 0.416 e. The lowest BCUT2D eigenvalue weighted by molar-refractivity contribution is -0.137. The van der Waals surface area contributed by atoms with Crippen LogP contribution in [-0.4, -0.2) is 22.5 Å². The number of benzene rings is 2. The van der Waals surface area contributed by atoms with Gasteiger partial charge in [-0.25, -0.2) is 4.98 Å².